The van der Waals surface area contributed by atoms with Crippen LogP contribution in [0.15, 0.2) is 24.3 Å². The average molecular weight is 905 g/mol. The van der Waals surface area contributed by atoms with Crippen LogP contribution in [-0.4, -0.2) is 123 Å². The first-order valence-electron chi connectivity index (χ1n) is 20.4. The van der Waals surface area contributed by atoms with E-state index in [1.165, 1.54) is 0 Å². The highest BCUT2D eigenvalue weighted by atomic mass is 16.4. The Bertz CT molecular complexity index is 1910. The molecule has 23 heteroatoms. The number of carboxylic acid groups (broad SMARTS) is 3. The summed E-state index contributed by atoms with van der Waals surface area (Å²) in [6.45, 7) is 8.19. The maximum absolute atomic E-state index is 14.3. The molecular formula is C41H60N8O15. The first kappa shape index (κ1) is 55.1. The van der Waals surface area contributed by atoms with Crippen molar-refractivity contribution in [3.8, 4) is 0 Å². The lowest BCUT2D eigenvalue weighted by Crippen LogP contribution is -2.62. The van der Waals surface area contributed by atoms with Crippen molar-refractivity contribution < 1.29 is 72.9 Å². The Morgan fingerprint density at radius 2 is 1.08 bits per heavy atom. The Morgan fingerprint density at radius 1 is 0.578 bits per heavy atom. The Morgan fingerprint density at radius 3 is 1.58 bits per heavy atom. The van der Waals surface area contributed by atoms with E-state index in [1.807, 2.05) is 0 Å². The van der Waals surface area contributed by atoms with E-state index in [-0.39, 0.29) is 19.3 Å². The van der Waals surface area contributed by atoms with Gasteiger partial charge in [0.15, 0.2) is 0 Å². The SMILES string of the molecule is CCCCC(NC(=O)[C@H](CCC(N)=O)NC(=O)[C@@H](NC(=O)[C@H](Cc1ccccc1C)NC(=O)[C@H](CCC(=O)O)NC(=O)[C@H](CC(=O)O)NC(=O)CCC(=O)O)C(C)(C)C)C(=O)C(N)=O. The lowest BCUT2D eigenvalue weighted by atomic mass is 9.85. The van der Waals surface area contributed by atoms with E-state index in [0.717, 1.165) is 0 Å². The fourth-order valence-electron chi connectivity index (χ4n) is 6.07. The number of unbranched alkanes of at least 4 members (excludes halogenated alkanes) is 1. The number of hydrogen-bond acceptors (Lipinski definition) is 12. The summed E-state index contributed by atoms with van der Waals surface area (Å²) in [5.41, 5.74) is 10.6. The summed E-state index contributed by atoms with van der Waals surface area (Å²) in [5, 5.41) is 42.0. The highest BCUT2D eigenvalue weighted by molar-refractivity contribution is 6.37. The molecular weight excluding hydrogens is 844 g/mol. The molecule has 6 atom stereocenters. The summed E-state index contributed by atoms with van der Waals surface area (Å²) in [6, 6.07) is -2.82. The molecule has 1 aromatic carbocycles. The van der Waals surface area contributed by atoms with E-state index >= 15 is 0 Å². The third kappa shape index (κ3) is 20.3. The third-order valence-electron chi connectivity index (χ3n) is 9.64. The highest BCUT2D eigenvalue weighted by Gasteiger charge is 2.39. The van der Waals surface area contributed by atoms with Gasteiger partial charge in [0.05, 0.1) is 18.9 Å². The molecule has 8 amide bonds. The summed E-state index contributed by atoms with van der Waals surface area (Å²) < 4.78 is 0. The van der Waals surface area contributed by atoms with E-state index in [1.54, 1.807) is 58.9 Å². The zero-order valence-corrected chi connectivity index (χ0v) is 36.4. The Balaban J connectivity index is 3.61. The molecule has 1 unspecified atom stereocenters. The molecule has 0 fully saturated rings. The van der Waals surface area contributed by atoms with Gasteiger partial charge in [-0.15, -0.1) is 0 Å². The van der Waals surface area contributed by atoms with E-state index < -0.39 is 151 Å². The van der Waals surface area contributed by atoms with Crippen molar-refractivity contribution in [2.75, 3.05) is 0 Å². The van der Waals surface area contributed by atoms with Crippen molar-refractivity contribution in [1.82, 2.24) is 31.9 Å². The smallest absolute Gasteiger partial charge is 0.305 e. The molecule has 0 saturated carbocycles. The predicted octanol–water partition coefficient (Wildman–Crippen LogP) is -1.79. The van der Waals surface area contributed by atoms with Crippen LogP contribution in [0.3, 0.4) is 0 Å². The molecule has 0 heterocycles. The van der Waals surface area contributed by atoms with Gasteiger partial charge in [-0.05, 0) is 42.7 Å². The van der Waals surface area contributed by atoms with Crippen LogP contribution < -0.4 is 43.4 Å². The molecule has 0 radical (unpaired) electrons. The number of amides is 8. The molecule has 64 heavy (non-hydrogen) atoms. The second-order valence-corrected chi connectivity index (χ2v) is 16.1. The number of primary amides is 2. The zero-order valence-electron chi connectivity index (χ0n) is 36.4. The number of nitrogens with one attached hydrogen (secondary N) is 6. The molecule has 13 N–H and O–H groups in total. The summed E-state index contributed by atoms with van der Waals surface area (Å²) >= 11 is 0. The van der Waals surface area contributed by atoms with Gasteiger partial charge in [-0.3, -0.25) is 57.5 Å². The van der Waals surface area contributed by atoms with Crippen LogP contribution >= 0.6 is 0 Å². The number of Topliss-reactive ketones (excluding diaryl/α,β-unsaturated/α-hetero) is 1. The van der Waals surface area contributed by atoms with Crippen LogP contribution in [-0.2, 0) is 64.0 Å². The first-order valence-corrected chi connectivity index (χ1v) is 20.4. The van der Waals surface area contributed by atoms with Crippen LogP contribution in [0.5, 0.6) is 0 Å². The van der Waals surface area contributed by atoms with E-state index in [2.05, 4.69) is 31.9 Å². The van der Waals surface area contributed by atoms with Gasteiger partial charge >= 0.3 is 17.9 Å². The zero-order chi connectivity index (χ0) is 48.9. The number of benzene rings is 1. The Hall–Kier alpha value is -6.94. The highest BCUT2D eigenvalue weighted by Crippen LogP contribution is 2.21. The lowest BCUT2D eigenvalue weighted by Gasteiger charge is -2.33. The van der Waals surface area contributed by atoms with Gasteiger partial charge in [-0.1, -0.05) is 64.8 Å². The first-order chi connectivity index (χ1) is 29.8. The number of rotatable bonds is 29. The van der Waals surface area contributed by atoms with Crippen LogP contribution in [0.4, 0.5) is 0 Å². The molecule has 23 nitrogen and oxygen atoms in total. The fourth-order valence-corrected chi connectivity index (χ4v) is 6.07. The van der Waals surface area contributed by atoms with Crippen LogP contribution in [0.2, 0.25) is 0 Å². The summed E-state index contributed by atoms with van der Waals surface area (Å²) in [5.74, 6) is -13.8. The van der Waals surface area contributed by atoms with Gasteiger partial charge in [-0.2, -0.15) is 0 Å². The van der Waals surface area contributed by atoms with Crippen molar-refractivity contribution in [3.05, 3.63) is 35.4 Å². The topological polar surface area (TPSA) is 390 Å². The van der Waals surface area contributed by atoms with Crippen molar-refractivity contribution >= 4 is 70.9 Å². The summed E-state index contributed by atoms with van der Waals surface area (Å²) in [7, 11) is 0. The second-order valence-electron chi connectivity index (χ2n) is 16.1. The number of aryl methyl sites for hydroxylation is 1. The molecule has 0 aliphatic carbocycles. The van der Waals surface area contributed by atoms with Gasteiger partial charge in [0.2, 0.25) is 47.1 Å². The van der Waals surface area contributed by atoms with Gasteiger partial charge in [-0.25, -0.2) is 0 Å². The number of carboxylic acids is 3. The maximum atomic E-state index is 14.3. The number of carbonyl (C=O) groups excluding carboxylic acids is 9. The Labute approximate surface area is 369 Å². The third-order valence-corrected chi connectivity index (χ3v) is 9.64. The van der Waals surface area contributed by atoms with Crippen molar-refractivity contribution in [1.29, 1.82) is 0 Å². The second kappa shape index (κ2) is 26.5. The minimum absolute atomic E-state index is 0.0318. The van der Waals surface area contributed by atoms with E-state index in [9.17, 15) is 67.7 Å². The van der Waals surface area contributed by atoms with Crippen molar-refractivity contribution in [2.24, 2.45) is 16.9 Å². The van der Waals surface area contributed by atoms with E-state index in [4.69, 9.17) is 16.6 Å². The van der Waals surface area contributed by atoms with Crippen LogP contribution in [0, 0.1) is 12.3 Å². The quantitative estimate of drug-likeness (QED) is 0.0396. The molecule has 1 aromatic rings. The number of ketones is 1. The molecule has 0 bridgehead atoms. The van der Waals surface area contributed by atoms with Gasteiger partial charge in [0, 0.05) is 25.7 Å². The number of hydrogen-bond donors (Lipinski definition) is 11. The molecule has 0 aromatic heterocycles. The standard InChI is InChI=1S/C41H60N8O15/c1-6-7-12-23(33(58)35(43)59)45-36(60)24(13-15-28(42)50)47-40(64)34(41(3,4)5)49-39(63)26(19-22-11-9-8-10-21(22)2)48-37(61)25(14-17-30(52)53)46-38(62)27(20-32(56)57)44-29(51)16-18-31(54)55/h8-11,23-27,34H,6-7,12-20H2,1-5H3,(H2,42,50)(H2,43,59)(H,44,51)(H,45,60)(H,46,62)(H,47,64)(H,48,61)(H,49,63)(H,52,53)(H,54,55)(H,56,57)/t23?,24-,25-,26-,27-,34+/m0/s1. The summed E-state index contributed by atoms with van der Waals surface area (Å²) in [4.78, 5) is 152. The lowest BCUT2D eigenvalue weighted by molar-refractivity contribution is -0.142. The van der Waals surface area contributed by atoms with Crippen molar-refractivity contribution in [2.45, 2.75) is 141 Å². The molecule has 0 aliphatic heterocycles. The van der Waals surface area contributed by atoms with Crippen LogP contribution in [0.25, 0.3) is 0 Å². The number of carbonyl (C=O) groups is 12. The average Bonchev–Trinajstić information content (AvgIpc) is 3.19. The predicted molar refractivity (Wildman–Crippen MR) is 224 cm³/mol. The normalized spacial score (nSPS) is 13.8. The largest absolute Gasteiger partial charge is 0.481 e. The molecule has 354 valence electrons. The maximum Gasteiger partial charge on any atom is 0.305 e. The van der Waals surface area contributed by atoms with Gasteiger partial charge < -0.3 is 58.7 Å². The molecule has 0 aliphatic rings. The number of nitrogens with two attached hydrogens (primary N) is 2. The fraction of sp³-hybridized carbons (Fsp3) is 0.561. The van der Waals surface area contributed by atoms with Gasteiger partial charge in [0.25, 0.3) is 5.91 Å². The molecule has 0 spiro atoms. The number of aliphatic carboxylic acids is 3. The van der Waals surface area contributed by atoms with Crippen LogP contribution in [0.1, 0.15) is 103 Å². The molecule has 1 rings (SSSR count). The Kier molecular flexibility index (Phi) is 22.8. The molecule has 0 saturated heterocycles. The minimum Gasteiger partial charge on any atom is -0.481 e. The summed E-state index contributed by atoms with van der Waals surface area (Å²) in [6.07, 6.45) is -3.57. The monoisotopic (exact) mass is 904 g/mol. The van der Waals surface area contributed by atoms with E-state index in [0.29, 0.717) is 24.0 Å². The van der Waals surface area contributed by atoms with Gasteiger partial charge in [0.1, 0.15) is 30.2 Å². The van der Waals surface area contributed by atoms with Crippen molar-refractivity contribution in [3.63, 3.8) is 0 Å². The minimum atomic E-state index is -1.84.